The number of carbonyl (C=O) groups excluding carboxylic acids is 1. The molecule has 0 aliphatic heterocycles. The first-order valence-corrected chi connectivity index (χ1v) is 7.24. The zero-order chi connectivity index (χ0) is 16.6. The Morgan fingerprint density at radius 3 is 2.67 bits per heavy atom. The summed E-state index contributed by atoms with van der Waals surface area (Å²) in [6.45, 7) is 0. The summed E-state index contributed by atoms with van der Waals surface area (Å²) < 4.78 is 5.75. The lowest BCUT2D eigenvalue weighted by Gasteiger charge is -2.05. The molecule has 0 saturated carbocycles. The lowest BCUT2D eigenvalue weighted by Crippen LogP contribution is -2.19. The number of aromatic nitrogens is 2. The quantitative estimate of drug-likeness (QED) is 0.579. The second-order valence-electron chi connectivity index (χ2n) is 4.78. The van der Waals surface area contributed by atoms with Gasteiger partial charge >= 0.3 is 0 Å². The fourth-order valence-corrected chi connectivity index (χ4v) is 1.92. The molecule has 0 bridgehead atoms. The van der Waals surface area contributed by atoms with Crippen LogP contribution in [-0.4, -0.2) is 22.1 Å². The lowest BCUT2D eigenvalue weighted by atomic mass is 10.2. The van der Waals surface area contributed by atoms with E-state index in [0.29, 0.717) is 5.75 Å². The molecule has 1 N–H and O–H groups in total. The van der Waals surface area contributed by atoms with Crippen LogP contribution in [0.4, 0.5) is 0 Å². The van der Waals surface area contributed by atoms with Crippen molar-refractivity contribution in [1.82, 2.24) is 15.4 Å². The lowest BCUT2D eigenvalue weighted by molar-refractivity contribution is 0.0949. The molecule has 0 saturated heterocycles. The van der Waals surface area contributed by atoms with Crippen LogP contribution < -0.4 is 10.2 Å². The number of hydrogen-bond acceptors (Lipinski definition) is 5. The van der Waals surface area contributed by atoms with Crippen LogP contribution in [0.25, 0.3) is 0 Å². The van der Waals surface area contributed by atoms with E-state index in [1.165, 1.54) is 24.8 Å². The van der Waals surface area contributed by atoms with Crippen molar-refractivity contribution in [2.75, 3.05) is 0 Å². The predicted octanol–water partition coefficient (Wildman–Crippen LogP) is 3.03. The summed E-state index contributed by atoms with van der Waals surface area (Å²) >= 11 is 0. The van der Waals surface area contributed by atoms with Gasteiger partial charge in [0.15, 0.2) is 0 Å². The molecule has 3 rings (SSSR count). The molecule has 3 aromatic rings. The van der Waals surface area contributed by atoms with E-state index < -0.39 is 5.91 Å². The van der Waals surface area contributed by atoms with Gasteiger partial charge in [-0.3, -0.25) is 9.78 Å². The van der Waals surface area contributed by atoms with Gasteiger partial charge in [0.2, 0.25) is 0 Å². The van der Waals surface area contributed by atoms with E-state index >= 15 is 0 Å². The third-order valence-corrected chi connectivity index (χ3v) is 3.01. The highest BCUT2D eigenvalue weighted by Gasteiger charge is 2.04. The molecule has 24 heavy (non-hydrogen) atoms. The molecule has 6 nitrogen and oxygen atoms in total. The summed E-state index contributed by atoms with van der Waals surface area (Å²) in [7, 11) is 0. The fourth-order valence-electron chi connectivity index (χ4n) is 1.92. The molecule has 1 aromatic heterocycles. The molecule has 1 amide bonds. The minimum atomic E-state index is -0.420. The van der Waals surface area contributed by atoms with E-state index in [9.17, 15) is 4.79 Å². The van der Waals surface area contributed by atoms with Crippen molar-refractivity contribution in [2.45, 2.75) is 0 Å². The van der Waals surface area contributed by atoms with Gasteiger partial charge in [0.25, 0.3) is 5.91 Å². The van der Waals surface area contributed by atoms with Crippen LogP contribution in [0.5, 0.6) is 11.5 Å². The van der Waals surface area contributed by atoms with E-state index in [1.54, 1.807) is 0 Å². The highest BCUT2D eigenvalue weighted by atomic mass is 16.5. The third-order valence-electron chi connectivity index (χ3n) is 3.01. The molecule has 6 heteroatoms. The van der Waals surface area contributed by atoms with Gasteiger partial charge < -0.3 is 4.74 Å². The summed E-state index contributed by atoms with van der Waals surface area (Å²) in [4.78, 5) is 19.5. The van der Waals surface area contributed by atoms with Gasteiger partial charge in [-0.2, -0.15) is 5.10 Å². The number of benzene rings is 2. The number of nitrogens with one attached hydrogen (secondary N) is 1. The number of carbonyl (C=O) groups is 1. The summed E-state index contributed by atoms with van der Waals surface area (Å²) in [6, 6.07) is 16.9. The second-order valence-corrected chi connectivity index (χ2v) is 4.78. The predicted molar refractivity (Wildman–Crippen MR) is 90.1 cm³/mol. The van der Waals surface area contributed by atoms with Crippen LogP contribution in [0.3, 0.4) is 0 Å². The monoisotopic (exact) mass is 318 g/mol. The maximum atomic E-state index is 11.8. The third kappa shape index (κ3) is 4.23. The molecule has 0 aliphatic rings. The van der Waals surface area contributed by atoms with Crippen LogP contribution in [0.2, 0.25) is 0 Å². The normalized spacial score (nSPS) is 10.5. The smallest absolute Gasteiger partial charge is 0.291 e. The Labute approximate surface area is 138 Å². The Hall–Kier alpha value is -3.54. The standard InChI is InChI=1S/C18H14N4O2/c23-18(17-13-19-9-10-20-17)22-21-12-14-5-4-8-16(11-14)24-15-6-2-1-3-7-15/h1-13H,(H,22,23)/b21-12+. The van der Waals surface area contributed by atoms with E-state index in [4.69, 9.17) is 4.74 Å². The Morgan fingerprint density at radius 2 is 1.88 bits per heavy atom. The van der Waals surface area contributed by atoms with Crippen LogP contribution in [-0.2, 0) is 0 Å². The number of rotatable bonds is 5. The number of nitrogens with zero attached hydrogens (tertiary/aromatic N) is 3. The van der Waals surface area contributed by atoms with Crippen molar-refractivity contribution >= 4 is 12.1 Å². The fraction of sp³-hybridized carbons (Fsp3) is 0. The minimum absolute atomic E-state index is 0.204. The van der Waals surface area contributed by atoms with Crippen molar-refractivity contribution in [3.8, 4) is 11.5 Å². The molecular weight excluding hydrogens is 304 g/mol. The molecule has 0 unspecified atom stereocenters. The number of ether oxygens (including phenoxy) is 1. The van der Waals surface area contributed by atoms with Crippen LogP contribution in [0.15, 0.2) is 78.3 Å². The molecular formula is C18H14N4O2. The van der Waals surface area contributed by atoms with Gasteiger partial charge in [0.1, 0.15) is 17.2 Å². The molecule has 0 atom stereocenters. The van der Waals surface area contributed by atoms with E-state index in [-0.39, 0.29) is 5.69 Å². The Bertz CT molecular complexity index is 836. The van der Waals surface area contributed by atoms with Crippen molar-refractivity contribution in [1.29, 1.82) is 0 Å². The number of hydrazone groups is 1. The van der Waals surface area contributed by atoms with Crippen molar-refractivity contribution in [2.24, 2.45) is 5.10 Å². The first kappa shape index (κ1) is 15.4. The molecule has 118 valence electrons. The SMILES string of the molecule is O=C(N/N=C/c1cccc(Oc2ccccc2)c1)c1cnccn1. The zero-order valence-electron chi connectivity index (χ0n) is 12.7. The maximum Gasteiger partial charge on any atom is 0.291 e. The van der Waals surface area contributed by atoms with Gasteiger partial charge in [-0.25, -0.2) is 10.4 Å². The summed E-state index contributed by atoms with van der Waals surface area (Å²) in [5.74, 6) is 1.02. The Kier molecular flexibility index (Phi) is 4.89. The van der Waals surface area contributed by atoms with Gasteiger partial charge in [-0.1, -0.05) is 30.3 Å². The molecule has 0 spiro atoms. The van der Waals surface area contributed by atoms with Gasteiger partial charge in [-0.05, 0) is 29.8 Å². The summed E-state index contributed by atoms with van der Waals surface area (Å²) in [6.07, 6.45) is 5.85. The highest BCUT2D eigenvalue weighted by Crippen LogP contribution is 2.21. The largest absolute Gasteiger partial charge is 0.457 e. The minimum Gasteiger partial charge on any atom is -0.457 e. The van der Waals surface area contributed by atoms with Gasteiger partial charge in [0.05, 0.1) is 12.4 Å². The summed E-state index contributed by atoms with van der Waals surface area (Å²) in [5.41, 5.74) is 3.40. The Balaban J connectivity index is 1.63. The van der Waals surface area contributed by atoms with Crippen LogP contribution in [0.1, 0.15) is 16.1 Å². The molecule has 1 heterocycles. The maximum absolute atomic E-state index is 11.8. The van der Waals surface area contributed by atoms with Gasteiger partial charge in [0, 0.05) is 12.4 Å². The van der Waals surface area contributed by atoms with E-state index in [1.807, 2.05) is 54.6 Å². The number of para-hydroxylation sites is 1. The summed E-state index contributed by atoms with van der Waals surface area (Å²) in [5, 5.41) is 3.92. The van der Waals surface area contributed by atoms with Crippen molar-refractivity contribution < 1.29 is 9.53 Å². The van der Waals surface area contributed by atoms with Crippen molar-refractivity contribution in [3.63, 3.8) is 0 Å². The number of hydrogen-bond donors (Lipinski definition) is 1. The van der Waals surface area contributed by atoms with E-state index in [0.717, 1.165) is 11.3 Å². The molecule has 0 aliphatic carbocycles. The Morgan fingerprint density at radius 1 is 1.04 bits per heavy atom. The van der Waals surface area contributed by atoms with Crippen LogP contribution >= 0.6 is 0 Å². The topological polar surface area (TPSA) is 76.5 Å². The number of amides is 1. The average molecular weight is 318 g/mol. The first-order valence-electron chi connectivity index (χ1n) is 7.24. The average Bonchev–Trinajstić information content (AvgIpc) is 2.63. The first-order chi connectivity index (χ1) is 11.8. The van der Waals surface area contributed by atoms with Crippen molar-refractivity contribution in [3.05, 3.63) is 84.4 Å². The molecule has 0 fully saturated rings. The second kappa shape index (κ2) is 7.64. The molecule has 0 radical (unpaired) electrons. The zero-order valence-corrected chi connectivity index (χ0v) is 12.7. The highest BCUT2D eigenvalue weighted by molar-refractivity contribution is 5.92. The van der Waals surface area contributed by atoms with E-state index in [2.05, 4.69) is 20.5 Å². The van der Waals surface area contributed by atoms with Gasteiger partial charge in [-0.15, -0.1) is 0 Å². The van der Waals surface area contributed by atoms with Crippen LogP contribution in [0, 0.1) is 0 Å². The molecule has 2 aromatic carbocycles.